The lowest BCUT2D eigenvalue weighted by atomic mass is 10.0. The van der Waals surface area contributed by atoms with Crippen LogP contribution in [0.1, 0.15) is 31.7 Å². The summed E-state index contributed by atoms with van der Waals surface area (Å²) in [5.41, 5.74) is 1.28. The topological polar surface area (TPSA) is 74.2 Å². The Kier molecular flexibility index (Phi) is 6.86. The molecule has 1 atom stereocenters. The third-order valence-corrected chi connectivity index (χ3v) is 5.72. The molecule has 9 heteroatoms. The predicted molar refractivity (Wildman–Crippen MR) is 121 cm³/mol. The van der Waals surface area contributed by atoms with Gasteiger partial charge in [-0.1, -0.05) is 6.07 Å². The van der Waals surface area contributed by atoms with Crippen LogP contribution in [0.4, 0.5) is 19.3 Å². The maximum Gasteiger partial charge on any atom is 0.414 e. The molecule has 1 N–H and O–H groups in total. The SMILES string of the molecule is CC(=O)NCC1CN(c2ccc(-c3ccc(/C=N/N4CCCCC4)c(F)c3)c(F)c2)C(=O)O1. The molecule has 1 unspecified atom stereocenters. The van der Waals surface area contributed by atoms with E-state index < -0.39 is 23.8 Å². The predicted octanol–water partition coefficient (Wildman–Crippen LogP) is 3.91. The van der Waals surface area contributed by atoms with Crippen molar-refractivity contribution in [1.82, 2.24) is 10.3 Å². The quantitative estimate of drug-likeness (QED) is 0.669. The number of carbonyl (C=O) groups is 2. The largest absolute Gasteiger partial charge is 0.442 e. The van der Waals surface area contributed by atoms with Gasteiger partial charge in [0, 0.05) is 31.1 Å². The van der Waals surface area contributed by atoms with E-state index in [-0.39, 0.29) is 24.6 Å². The zero-order valence-electron chi connectivity index (χ0n) is 18.4. The number of nitrogens with one attached hydrogen (secondary N) is 1. The fourth-order valence-corrected chi connectivity index (χ4v) is 3.94. The molecule has 4 rings (SSSR count). The highest BCUT2D eigenvalue weighted by atomic mass is 19.1. The molecule has 0 aliphatic carbocycles. The smallest absolute Gasteiger partial charge is 0.414 e. The van der Waals surface area contributed by atoms with Crippen molar-refractivity contribution in [3.63, 3.8) is 0 Å². The third-order valence-electron chi connectivity index (χ3n) is 5.72. The van der Waals surface area contributed by atoms with Crippen LogP contribution in [0.15, 0.2) is 41.5 Å². The number of carbonyl (C=O) groups excluding carboxylic acids is 2. The molecule has 0 spiro atoms. The number of piperidine rings is 1. The lowest BCUT2D eigenvalue weighted by molar-refractivity contribution is -0.119. The first-order valence-electron chi connectivity index (χ1n) is 11.0. The highest BCUT2D eigenvalue weighted by Gasteiger charge is 2.32. The fourth-order valence-electron chi connectivity index (χ4n) is 3.94. The molecule has 2 fully saturated rings. The van der Waals surface area contributed by atoms with E-state index in [1.807, 2.05) is 5.01 Å². The molecule has 7 nitrogen and oxygen atoms in total. The standard InChI is InChI=1S/C24H26F2N4O3/c1-16(31)27-14-20-15-30(24(32)33-20)19-7-8-21(23(26)12-19)17-5-6-18(22(25)11-17)13-28-29-9-3-2-4-10-29/h5-8,11-13,20H,2-4,9-10,14-15H2,1H3,(H,27,31)/b28-13+. The average molecular weight is 456 g/mol. The second kappa shape index (κ2) is 9.97. The number of anilines is 1. The van der Waals surface area contributed by atoms with Gasteiger partial charge in [-0.2, -0.15) is 5.10 Å². The molecule has 0 saturated carbocycles. The number of rotatable bonds is 6. The zero-order valence-corrected chi connectivity index (χ0v) is 18.4. The molecule has 2 saturated heterocycles. The van der Waals surface area contributed by atoms with Crippen molar-refractivity contribution >= 4 is 23.9 Å². The Hall–Kier alpha value is -3.49. The first kappa shape index (κ1) is 22.7. The Morgan fingerprint density at radius 1 is 1.15 bits per heavy atom. The minimum atomic E-state index is -0.610. The van der Waals surface area contributed by atoms with Gasteiger partial charge in [-0.05, 0) is 55.2 Å². The number of hydrogen-bond acceptors (Lipinski definition) is 5. The molecule has 2 aliphatic heterocycles. The van der Waals surface area contributed by atoms with Gasteiger partial charge in [0.2, 0.25) is 5.91 Å². The first-order chi connectivity index (χ1) is 15.9. The van der Waals surface area contributed by atoms with Gasteiger partial charge in [0.25, 0.3) is 0 Å². The summed E-state index contributed by atoms with van der Waals surface area (Å²) in [6, 6.07) is 8.83. The van der Waals surface area contributed by atoms with Crippen LogP contribution in [0.5, 0.6) is 0 Å². The van der Waals surface area contributed by atoms with Crippen molar-refractivity contribution in [3.05, 3.63) is 53.6 Å². The summed E-state index contributed by atoms with van der Waals surface area (Å²) in [6.07, 6.45) is 3.73. The first-order valence-corrected chi connectivity index (χ1v) is 11.0. The molecule has 2 aromatic rings. The van der Waals surface area contributed by atoms with Gasteiger partial charge in [-0.15, -0.1) is 0 Å². The van der Waals surface area contributed by atoms with Crippen LogP contribution in [-0.4, -0.2) is 55.5 Å². The van der Waals surface area contributed by atoms with E-state index in [9.17, 15) is 18.4 Å². The van der Waals surface area contributed by atoms with E-state index in [0.29, 0.717) is 16.8 Å². The van der Waals surface area contributed by atoms with Crippen molar-refractivity contribution in [3.8, 4) is 11.1 Å². The van der Waals surface area contributed by atoms with Crippen LogP contribution >= 0.6 is 0 Å². The van der Waals surface area contributed by atoms with Gasteiger partial charge >= 0.3 is 6.09 Å². The number of halogens is 2. The van der Waals surface area contributed by atoms with Gasteiger partial charge in [0.1, 0.15) is 17.7 Å². The van der Waals surface area contributed by atoms with Crippen LogP contribution in [0.25, 0.3) is 11.1 Å². The molecular weight excluding hydrogens is 430 g/mol. The Morgan fingerprint density at radius 2 is 1.94 bits per heavy atom. The fraction of sp³-hybridized carbons (Fsp3) is 0.375. The lowest BCUT2D eigenvalue weighted by Crippen LogP contribution is -2.33. The summed E-state index contributed by atoms with van der Waals surface area (Å²) in [4.78, 5) is 24.5. The molecular formula is C24H26F2N4O3. The van der Waals surface area contributed by atoms with Gasteiger partial charge in [0.15, 0.2) is 0 Å². The second-order valence-electron chi connectivity index (χ2n) is 8.21. The van der Waals surface area contributed by atoms with Crippen LogP contribution in [0.2, 0.25) is 0 Å². The molecule has 2 amide bonds. The molecule has 2 heterocycles. The van der Waals surface area contributed by atoms with Crippen LogP contribution in [0.3, 0.4) is 0 Å². The van der Waals surface area contributed by atoms with Crippen molar-refractivity contribution in [2.24, 2.45) is 5.10 Å². The third kappa shape index (κ3) is 5.47. The highest BCUT2D eigenvalue weighted by molar-refractivity contribution is 5.90. The van der Waals surface area contributed by atoms with Crippen molar-refractivity contribution in [1.29, 1.82) is 0 Å². The van der Waals surface area contributed by atoms with E-state index in [4.69, 9.17) is 4.74 Å². The average Bonchev–Trinajstić information content (AvgIpc) is 3.18. The number of amides is 2. The number of benzene rings is 2. The highest BCUT2D eigenvalue weighted by Crippen LogP contribution is 2.30. The molecule has 0 aromatic heterocycles. The van der Waals surface area contributed by atoms with E-state index in [2.05, 4.69) is 10.4 Å². The summed E-state index contributed by atoms with van der Waals surface area (Å²) in [6.45, 7) is 3.49. The molecule has 2 aromatic carbocycles. The molecule has 2 aliphatic rings. The molecule has 174 valence electrons. The number of hydrogen-bond donors (Lipinski definition) is 1. The van der Waals surface area contributed by atoms with Crippen molar-refractivity contribution in [2.45, 2.75) is 32.3 Å². The molecule has 0 bridgehead atoms. The lowest BCUT2D eigenvalue weighted by Gasteiger charge is -2.23. The zero-order chi connectivity index (χ0) is 23.4. The number of nitrogens with zero attached hydrogens (tertiary/aromatic N) is 3. The van der Waals surface area contributed by atoms with Gasteiger partial charge in [0.05, 0.1) is 25.0 Å². The summed E-state index contributed by atoms with van der Waals surface area (Å²) in [5, 5.41) is 8.87. The van der Waals surface area contributed by atoms with Crippen molar-refractivity contribution in [2.75, 3.05) is 31.1 Å². The molecule has 33 heavy (non-hydrogen) atoms. The van der Waals surface area contributed by atoms with Crippen LogP contribution in [0, 0.1) is 11.6 Å². The van der Waals surface area contributed by atoms with E-state index in [1.54, 1.807) is 18.2 Å². The minimum Gasteiger partial charge on any atom is -0.442 e. The number of cyclic esters (lactones) is 1. The number of hydrazone groups is 1. The molecule has 0 radical (unpaired) electrons. The van der Waals surface area contributed by atoms with E-state index in [0.717, 1.165) is 25.9 Å². The Bertz CT molecular complexity index is 1070. The van der Waals surface area contributed by atoms with Crippen molar-refractivity contribution < 1.29 is 23.1 Å². The monoisotopic (exact) mass is 456 g/mol. The van der Waals surface area contributed by atoms with E-state index >= 15 is 0 Å². The van der Waals surface area contributed by atoms with Gasteiger partial charge in [-0.3, -0.25) is 14.7 Å². The maximum atomic E-state index is 14.9. The summed E-state index contributed by atoms with van der Waals surface area (Å²) >= 11 is 0. The Morgan fingerprint density at radius 3 is 2.64 bits per heavy atom. The van der Waals surface area contributed by atoms with Crippen LogP contribution < -0.4 is 10.2 Å². The number of ether oxygens (including phenoxy) is 1. The normalized spacial score (nSPS) is 18.6. The summed E-state index contributed by atoms with van der Waals surface area (Å²) < 4.78 is 34.8. The summed E-state index contributed by atoms with van der Waals surface area (Å²) in [5.74, 6) is -1.30. The Labute approximate surface area is 191 Å². The van der Waals surface area contributed by atoms with Crippen LogP contribution in [-0.2, 0) is 9.53 Å². The minimum absolute atomic E-state index is 0.185. The van der Waals surface area contributed by atoms with Gasteiger partial charge < -0.3 is 10.1 Å². The maximum absolute atomic E-state index is 14.9. The Balaban J connectivity index is 1.46. The van der Waals surface area contributed by atoms with E-state index in [1.165, 1.54) is 42.7 Å². The van der Waals surface area contributed by atoms with Gasteiger partial charge in [-0.25, -0.2) is 13.6 Å². The second-order valence-corrected chi connectivity index (χ2v) is 8.21. The summed E-state index contributed by atoms with van der Waals surface area (Å²) in [7, 11) is 0.